The Morgan fingerprint density at radius 2 is 2.21 bits per heavy atom. The van der Waals surface area contributed by atoms with Crippen molar-refractivity contribution in [3.05, 3.63) is 44.0 Å². The zero-order valence-corrected chi connectivity index (χ0v) is 14.1. The maximum atomic E-state index is 13.8. The first-order valence-corrected chi connectivity index (χ1v) is 8.00. The maximum absolute atomic E-state index is 13.8. The molecule has 0 aliphatic heterocycles. The average Bonchev–Trinajstić information content (AvgIpc) is 2.96. The minimum atomic E-state index is -0.859. The van der Waals surface area contributed by atoms with Crippen molar-refractivity contribution >= 4 is 39.9 Å². The molecule has 0 bridgehead atoms. The van der Waals surface area contributed by atoms with E-state index in [0.29, 0.717) is 10.1 Å². The standard InChI is InChI=1S/C14H10ClFN4O3S/c1-3-23-13(22)8-5-20(14-19-18-6(2)24-14)12-7(10(8)21)4-9(16)11(15)17-12/h4-5H,3H2,1-2H3. The molecule has 0 fully saturated rings. The van der Waals surface area contributed by atoms with Gasteiger partial charge >= 0.3 is 5.97 Å². The third-order valence-electron chi connectivity index (χ3n) is 3.11. The largest absolute Gasteiger partial charge is 0.462 e. The van der Waals surface area contributed by atoms with Gasteiger partial charge in [-0.15, -0.1) is 10.2 Å². The monoisotopic (exact) mass is 368 g/mol. The molecule has 0 saturated heterocycles. The van der Waals surface area contributed by atoms with Gasteiger partial charge in [0.05, 0.1) is 12.0 Å². The maximum Gasteiger partial charge on any atom is 0.343 e. The van der Waals surface area contributed by atoms with E-state index in [0.717, 1.165) is 6.07 Å². The van der Waals surface area contributed by atoms with E-state index in [1.165, 1.54) is 22.1 Å². The number of hydrogen-bond donors (Lipinski definition) is 0. The fourth-order valence-electron chi connectivity index (χ4n) is 2.09. The van der Waals surface area contributed by atoms with Crippen molar-refractivity contribution in [1.29, 1.82) is 0 Å². The Balaban J connectivity index is 2.40. The van der Waals surface area contributed by atoms with Gasteiger partial charge in [-0.25, -0.2) is 14.2 Å². The fourth-order valence-corrected chi connectivity index (χ4v) is 2.89. The molecule has 0 aromatic carbocycles. The van der Waals surface area contributed by atoms with Crippen molar-refractivity contribution < 1.29 is 13.9 Å². The van der Waals surface area contributed by atoms with Crippen LogP contribution in [0.5, 0.6) is 0 Å². The second-order valence-corrected chi connectivity index (χ2v) is 6.22. The van der Waals surface area contributed by atoms with E-state index in [1.54, 1.807) is 13.8 Å². The number of rotatable bonds is 3. The lowest BCUT2D eigenvalue weighted by atomic mass is 10.2. The van der Waals surface area contributed by atoms with Crippen molar-refractivity contribution in [2.24, 2.45) is 0 Å². The summed E-state index contributed by atoms with van der Waals surface area (Å²) in [5, 5.41) is 8.40. The third-order valence-corrected chi connectivity index (χ3v) is 4.21. The molecule has 0 aliphatic carbocycles. The molecule has 3 aromatic heterocycles. The first kappa shape index (κ1) is 16.5. The molecular weight excluding hydrogens is 359 g/mol. The molecule has 3 rings (SSSR count). The van der Waals surface area contributed by atoms with E-state index in [1.807, 2.05) is 0 Å². The van der Waals surface area contributed by atoms with E-state index in [4.69, 9.17) is 16.3 Å². The number of carbonyl (C=O) groups is 1. The van der Waals surface area contributed by atoms with Gasteiger partial charge in [-0.1, -0.05) is 22.9 Å². The van der Waals surface area contributed by atoms with Crippen LogP contribution in [-0.4, -0.2) is 32.3 Å². The van der Waals surface area contributed by atoms with Gasteiger partial charge < -0.3 is 4.74 Å². The van der Waals surface area contributed by atoms with Gasteiger partial charge in [-0.05, 0) is 19.9 Å². The molecule has 0 radical (unpaired) electrons. The number of aryl methyl sites for hydroxylation is 1. The van der Waals surface area contributed by atoms with Crippen LogP contribution in [0.3, 0.4) is 0 Å². The Morgan fingerprint density at radius 1 is 1.46 bits per heavy atom. The topological polar surface area (TPSA) is 87.0 Å². The van der Waals surface area contributed by atoms with Gasteiger partial charge in [0.25, 0.3) is 0 Å². The Morgan fingerprint density at radius 3 is 2.83 bits per heavy atom. The van der Waals surface area contributed by atoms with Crippen LogP contribution in [0.1, 0.15) is 22.3 Å². The number of carbonyl (C=O) groups excluding carboxylic acids is 1. The number of aromatic nitrogens is 4. The molecule has 0 spiro atoms. The first-order chi connectivity index (χ1) is 11.4. The molecule has 3 heterocycles. The van der Waals surface area contributed by atoms with Crippen LogP contribution in [0.4, 0.5) is 4.39 Å². The molecule has 7 nitrogen and oxygen atoms in total. The number of esters is 1. The summed E-state index contributed by atoms with van der Waals surface area (Å²) in [6, 6.07) is 0.945. The number of ether oxygens (including phenoxy) is 1. The number of pyridine rings is 2. The van der Waals surface area contributed by atoms with Crippen molar-refractivity contribution in [3.8, 4) is 5.13 Å². The predicted molar refractivity (Wildman–Crippen MR) is 86.5 cm³/mol. The molecule has 3 aromatic rings. The Hall–Kier alpha value is -2.39. The molecule has 0 aliphatic rings. The van der Waals surface area contributed by atoms with Crippen LogP contribution in [0.2, 0.25) is 5.15 Å². The summed E-state index contributed by atoms with van der Waals surface area (Å²) in [5.41, 5.74) is -0.861. The molecular formula is C14H10ClFN4O3S. The van der Waals surface area contributed by atoms with E-state index in [-0.39, 0.29) is 28.4 Å². The SMILES string of the molecule is CCOC(=O)c1cn(-c2nnc(C)s2)c2nc(Cl)c(F)cc2c1=O. The van der Waals surface area contributed by atoms with Crippen LogP contribution < -0.4 is 5.43 Å². The van der Waals surface area contributed by atoms with Gasteiger partial charge in [-0.3, -0.25) is 9.36 Å². The molecule has 0 unspecified atom stereocenters. The molecule has 124 valence electrons. The normalized spacial score (nSPS) is 11.0. The number of fused-ring (bicyclic) bond motifs is 1. The lowest BCUT2D eigenvalue weighted by Crippen LogP contribution is -2.21. The summed E-state index contributed by atoms with van der Waals surface area (Å²) in [5.74, 6) is -1.67. The minimum Gasteiger partial charge on any atom is -0.462 e. The van der Waals surface area contributed by atoms with Gasteiger partial charge in [0.15, 0.2) is 16.6 Å². The van der Waals surface area contributed by atoms with Crippen molar-refractivity contribution in [3.63, 3.8) is 0 Å². The van der Waals surface area contributed by atoms with E-state index in [2.05, 4.69) is 15.2 Å². The van der Waals surface area contributed by atoms with Gasteiger partial charge in [0.1, 0.15) is 10.6 Å². The van der Waals surface area contributed by atoms with Crippen molar-refractivity contribution in [2.45, 2.75) is 13.8 Å². The third kappa shape index (κ3) is 2.76. The molecule has 0 amide bonds. The van der Waals surface area contributed by atoms with E-state index < -0.39 is 17.2 Å². The zero-order valence-electron chi connectivity index (χ0n) is 12.5. The molecule has 0 atom stereocenters. The van der Waals surface area contributed by atoms with Gasteiger partial charge in [0, 0.05) is 6.20 Å². The van der Waals surface area contributed by atoms with Crippen LogP contribution >= 0.6 is 22.9 Å². The molecule has 10 heteroatoms. The van der Waals surface area contributed by atoms with Crippen molar-refractivity contribution in [2.75, 3.05) is 6.61 Å². The molecule has 0 N–H and O–H groups in total. The zero-order chi connectivity index (χ0) is 17.4. The Bertz CT molecular complexity index is 1020. The molecule has 0 saturated carbocycles. The van der Waals surface area contributed by atoms with Crippen LogP contribution in [0, 0.1) is 12.7 Å². The summed E-state index contributed by atoms with van der Waals surface area (Å²) in [7, 11) is 0. The highest BCUT2D eigenvalue weighted by Crippen LogP contribution is 2.22. The highest BCUT2D eigenvalue weighted by molar-refractivity contribution is 7.13. The predicted octanol–water partition coefficient (Wildman–Crippen LogP) is 2.51. The van der Waals surface area contributed by atoms with Gasteiger partial charge in [-0.2, -0.15) is 0 Å². The summed E-state index contributed by atoms with van der Waals surface area (Å²) >= 11 is 6.95. The second kappa shape index (κ2) is 6.25. The van der Waals surface area contributed by atoms with Crippen molar-refractivity contribution in [1.82, 2.24) is 19.7 Å². The molecule has 24 heavy (non-hydrogen) atoms. The smallest absolute Gasteiger partial charge is 0.343 e. The number of halogens is 2. The second-order valence-electron chi connectivity index (χ2n) is 4.70. The summed E-state index contributed by atoms with van der Waals surface area (Å²) in [4.78, 5) is 28.5. The first-order valence-electron chi connectivity index (χ1n) is 6.81. The number of hydrogen-bond acceptors (Lipinski definition) is 7. The summed E-state index contributed by atoms with van der Waals surface area (Å²) < 4.78 is 20.0. The summed E-state index contributed by atoms with van der Waals surface area (Å²) in [6.45, 7) is 3.46. The fraction of sp³-hybridized carbons (Fsp3) is 0.214. The minimum absolute atomic E-state index is 0.0793. The van der Waals surface area contributed by atoms with Crippen LogP contribution in [-0.2, 0) is 4.74 Å². The van der Waals surface area contributed by atoms with Crippen LogP contribution in [0.15, 0.2) is 17.1 Å². The van der Waals surface area contributed by atoms with Gasteiger partial charge in [0.2, 0.25) is 10.6 Å². The highest BCUT2D eigenvalue weighted by Gasteiger charge is 2.21. The lowest BCUT2D eigenvalue weighted by Gasteiger charge is -2.10. The average molecular weight is 369 g/mol. The Labute approximate surface area is 143 Å². The highest BCUT2D eigenvalue weighted by atomic mass is 35.5. The quantitative estimate of drug-likeness (QED) is 0.521. The lowest BCUT2D eigenvalue weighted by molar-refractivity contribution is 0.0524. The number of nitrogens with zero attached hydrogens (tertiary/aromatic N) is 4. The Kier molecular flexibility index (Phi) is 4.29. The van der Waals surface area contributed by atoms with E-state index in [9.17, 15) is 14.0 Å². The van der Waals surface area contributed by atoms with Crippen LogP contribution in [0.25, 0.3) is 16.2 Å². The summed E-state index contributed by atoms with van der Waals surface area (Å²) in [6.07, 6.45) is 1.25. The van der Waals surface area contributed by atoms with E-state index >= 15 is 0 Å².